The zero-order chi connectivity index (χ0) is 26.2. The van der Waals surface area contributed by atoms with Gasteiger partial charge < -0.3 is 10.2 Å². The van der Waals surface area contributed by atoms with Gasteiger partial charge in [-0.15, -0.1) is 10.2 Å². The van der Waals surface area contributed by atoms with Gasteiger partial charge in [0.2, 0.25) is 5.82 Å². The summed E-state index contributed by atoms with van der Waals surface area (Å²) in [5, 5.41) is 27.7. The van der Waals surface area contributed by atoms with E-state index in [1.54, 1.807) is 12.1 Å². The minimum Gasteiger partial charge on any atom is -0.475 e. The number of hydrogen-bond acceptors (Lipinski definition) is 7. The zero-order valence-electron chi connectivity index (χ0n) is 17.8. The van der Waals surface area contributed by atoms with E-state index in [4.69, 9.17) is 11.6 Å². The first-order valence-electron chi connectivity index (χ1n) is 9.94. The van der Waals surface area contributed by atoms with Crippen molar-refractivity contribution in [1.82, 2.24) is 34.1 Å². The summed E-state index contributed by atoms with van der Waals surface area (Å²) in [7, 11) is 0. The maximum absolute atomic E-state index is 13.0. The number of pyridine rings is 1. The molecule has 0 amide bonds. The third-order valence-electron chi connectivity index (χ3n) is 4.83. The van der Waals surface area contributed by atoms with Crippen LogP contribution in [0.1, 0.15) is 16.4 Å². The van der Waals surface area contributed by atoms with Crippen molar-refractivity contribution in [3.05, 3.63) is 74.2 Å². The number of carbonyl (C=O) groups is 1. The molecular weight excluding hydrogens is 575 g/mol. The average molecular weight is 589 g/mol. The fraction of sp³-hybridized carbons (Fsp3) is 0.200. The Morgan fingerprint density at radius 1 is 1.17 bits per heavy atom. The van der Waals surface area contributed by atoms with Crippen LogP contribution in [0.5, 0.6) is 0 Å². The predicted molar refractivity (Wildman–Crippen MR) is 122 cm³/mol. The highest BCUT2D eigenvalue weighted by atomic mass is 79.9. The molecule has 4 aromatic rings. The van der Waals surface area contributed by atoms with Gasteiger partial charge in [0, 0.05) is 16.8 Å². The van der Waals surface area contributed by atoms with Crippen molar-refractivity contribution in [1.29, 1.82) is 0 Å². The average Bonchev–Trinajstić information content (AvgIpc) is 3.36. The van der Waals surface area contributed by atoms with Crippen molar-refractivity contribution in [2.45, 2.75) is 25.4 Å². The number of hydrogen-bond donors (Lipinski definition) is 2. The number of alkyl halides is 3. The Hall–Kier alpha value is -3.56. The minimum absolute atomic E-state index is 0.113. The Morgan fingerprint density at radius 3 is 2.47 bits per heavy atom. The van der Waals surface area contributed by atoms with E-state index in [-0.39, 0.29) is 23.0 Å². The van der Waals surface area contributed by atoms with Crippen LogP contribution in [0, 0.1) is 0 Å². The summed E-state index contributed by atoms with van der Waals surface area (Å²) in [6.45, 7) is -1.60. The summed E-state index contributed by atoms with van der Waals surface area (Å²) in [4.78, 5) is 32.7. The Kier molecular flexibility index (Phi) is 6.97. The second-order valence-corrected chi connectivity index (χ2v) is 8.61. The van der Waals surface area contributed by atoms with Crippen molar-refractivity contribution < 1.29 is 28.2 Å². The lowest BCUT2D eigenvalue weighted by Gasteiger charge is -2.15. The molecular formula is C20H14BrClF3N7O4. The Morgan fingerprint density at radius 2 is 1.86 bits per heavy atom. The number of rotatable bonds is 7. The van der Waals surface area contributed by atoms with Gasteiger partial charge in [0.15, 0.2) is 23.6 Å². The minimum atomic E-state index is -4.98. The molecule has 3 heterocycles. The molecule has 36 heavy (non-hydrogen) atoms. The summed E-state index contributed by atoms with van der Waals surface area (Å²) in [5.41, 5.74) is -0.748. The topological polar surface area (TPSA) is 141 Å². The summed E-state index contributed by atoms with van der Waals surface area (Å²) in [6.07, 6.45) is -6.41. The first kappa shape index (κ1) is 25.5. The van der Waals surface area contributed by atoms with Crippen LogP contribution in [0.15, 0.2) is 51.9 Å². The summed E-state index contributed by atoms with van der Waals surface area (Å²) in [5.74, 6) is -2.18. The number of carboxylic acids is 1. The van der Waals surface area contributed by atoms with Gasteiger partial charge in [-0.25, -0.2) is 24.2 Å². The van der Waals surface area contributed by atoms with Crippen LogP contribution in [0.3, 0.4) is 0 Å². The first-order chi connectivity index (χ1) is 17.0. The molecule has 0 saturated heterocycles. The predicted octanol–water partition coefficient (Wildman–Crippen LogP) is 2.77. The molecule has 188 valence electrons. The Bertz CT molecular complexity index is 1480. The lowest BCUT2D eigenvalue weighted by Crippen LogP contribution is -2.37. The van der Waals surface area contributed by atoms with E-state index in [1.165, 1.54) is 30.5 Å². The molecule has 0 radical (unpaired) electrons. The fourth-order valence-corrected chi connectivity index (χ4v) is 3.72. The van der Waals surface area contributed by atoms with E-state index in [2.05, 4.69) is 36.1 Å². The lowest BCUT2D eigenvalue weighted by molar-refractivity contribution is -0.207. The molecule has 1 aromatic carbocycles. The summed E-state index contributed by atoms with van der Waals surface area (Å²) in [6, 6.07) is 9.01. The van der Waals surface area contributed by atoms with Crippen LogP contribution in [-0.4, -0.2) is 62.6 Å². The summed E-state index contributed by atoms with van der Waals surface area (Å²) < 4.78 is 41.9. The lowest BCUT2D eigenvalue weighted by atomic mass is 10.2. The smallest absolute Gasteiger partial charge is 0.416 e. The van der Waals surface area contributed by atoms with Crippen molar-refractivity contribution in [2.24, 2.45) is 0 Å². The van der Waals surface area contributed by atoms with E-state index in [0.717, 1.165) is 9.36 Å². The van der Waals surface area contributed by atoms with E-state index in [1.807, 2.05) is 0 Å². The summed E-state index contributed by atoms with van der Waals surface area (Å²) >= 11 is 9.12. The molecule has 3 aromatic heterocycles. The van der Waals surface area contributed by atoms with Crippen LogP contribution in [0.25, 0.3) is 17.2 Å². The van der Waals surface area contributed by atoms with Crippen LogP contribution in [0.4, 0.5) is 13.2 Å². The number of nitrogens with zero attached hydrogens (tertiary/aromatic N) is 7. The molecule has 0 spiro atoms. The van der Waals surface area contributed by atoms with Gasteiger partial charge in [0.05, 0.1) is 11.0 Å². The van der Waals surface area contributed by atoms with E-state index >= 15 is 0 Å². The first-order valence-corrected chi connectivity index (χ1v) is 11.1. The Labute approximate surface area is 212 Å². The third kappa shape index (κ3) is 5.17. The Balaban J connectivity index is 1.78. The molecule has 2 N–H and O–H groups in total. The van der Waals surface area contributed by atoms with Gasteiger partial charge in [0.1, 0.15) is 6.54 Å². The molecule has 1 atom stereocenters. The van der Waals surface area contributed by atoms with Gasteiger partial charge in [0.25, 0.3) is 0 Å². The van der Waals surface area contributed by atoms with E-state index in [0.29, 0.717) is 14.1 Å². The number of halogens is 5. The zero-order valence-corrected chi connectivity index (χ0v) is 20.1. The van der Waals surface area contributed by atoms with Gasteiger partial charge >= 0.3 is 17.8 Å². The monoisotopic (exact) mass is 587 g/mol. The SMILES string of the molecule is O=C(O)c1nc(Cn2nc(-c3ccc(Cl)cc3)n(C[C@H](O)C(F)(F)F)c2=O)nn1-c1ncccc1Br. The number of aromatic nitrogens is 7. The van der Waals surface area contributed by atoms with Gasteiger partial charge in [-0.05, 0) is 52.3 Å². The molecule has 0 bridgehead atoms. The number of aliphatic hydroxyl groups excluding tert-OH is 1. The number of aromatic carboxylic acids is 1. The third-order valence-corrected chi connectivity index (χ3v) is 5.70. The number of carboxylic acid groups (broad SMARTS) is 1. The normalized spacial score (nSPS) is 12.6. The molecule has 4 rings (SSSR count). The highest BCUT2D eigenvalue weighted by molar-refractivity contribution is 9.10. The number of benzene rings is 1. The fourth-order valence-electron chi connectivity index (χ4n) is 3.17. The second kappa shape index (κ2) is 9.83. The standard InChI is InChI=1S/C20H14BrClF3N7O4/c21-12-2-1-7-26-16(12)32-17(18(34)35)27-14(28-32)9-31-19(36)30(8-13(33)20(23,24)25)15(29-31)10-3-5-11(22)6-4-10/h1-7,13,33H,8-9H2,(H,34,35)/t13-/m0/s1. The van der Waals surface area contributed by atoms with Crippen molar-refractivity contribution in [3.63, 3.8) is 0 Å². The molecule has 16 heteroatoms. The van der Waals surface area contributed by atoms with Crippen LogP contribution >= 0.6 is 27.5 Å². The quantitative estimate of drug-likeness (QED) is 0.336. The van der Waals surface area contributed by atoms with E-state index < -0.39 is 42.9 Å². The van der Waals surface area contributed by atoms with Gasteiger partial charge in [-0.3, -0.25) is 4.57 Å². The molecule has 0 fully saturated rings. The van der Waals surface area contributed by atoms with Crippen LogP contribution < -0.4 is 5.69 Å². The van der Waals surface area contributed by atoms with Crippen LogP contribution in [0.2, 0.25) is 5.02 Å². The molecule has 0 aliphatic carbocycles. The van der Waals surface area contributed by atoms with Crippen molar-refractivity contribution >= 4 is 33.5 Å². The maximum atomic E-state index is 13.0. The largest absolute Gasteiger partial charge is 0.475 e. The highest BCUT2D eigenvalue weighted by Crippen LogP contribution is 2.24. The number of aliphatic hydroxyl groups is 1. The van der Waals surface area contributed by atoms with Crippen molar-refractivity contribution in [3.8, 4) is 17.2 Å². The second-order valence-electron chi connectivity index (χ2n) is 7.32. The molecule has 0 aliphatic rings. The van der Waals surface area contributed by atoms with Gasteiger partial charge in [-0.1, -0.05) is 11.6 Å². The van der Waals surface area contributed by atoms with Crippen LogP contribution in [-0.2, 0) is 13.1 Å². The maximum Gasteiger partial charge on any atom is 0.416 e. The highest BCUT2D eigenvalue weighted by Gasteiger charge is 2.39. The molecule has 0 aliphatic heterocycles. The molecule has 0 unspecified atom stereocenters. The molecule has 11 nitrogen and oxygen atoms in total. The molecule has 0 saturated carbocycles. The van der Waals surface area contributed by atoms with Gasteiger partial charge in [-0.2, -0.15) is 17.9 Å². The van der Waals surface area contributed by atoms with Crippen molar-refractivity contribution in [2.75, 3.05) is 0 Å². The van der Waals surface area contributed by atoms with E-state index in [9.17, 15) is 33.0 Å².